The third-order valence-electron chi connectivity index (χ3n) is 10.3. The number of carbonyl (C=O) groups is 2. The number of carboxylic acids is 1. The Balaban J connectivity index is 1.02. The second kappa shape index (κ2) is 15.0. The summed E-state index contributed by atoms with van der Waals surface area (Å²) in [4.78, 5) is 39.1. The van der Waals surface area contributed by atoms with Gasteiger partial charge in [-0.05, 0) is 80.2 Å². The van der Waals surface area contributed by atoms with Crippen molar-refractivity contribution >= 4 is 45.1 Å². The molecule has 0 amide bonds. The van der Waals surface area contributed by atoms with Crippen LogP contribution in [-0.2, 0) is 15.7 Å². The SMILES string of the molecule is O=C(O)CN1CCC(CN2CCN(c3ccc(-c4cnc5[nH]cc(C(=O)c6cc(N(N7CC[C@@H](F)C7)[SH](=O)=O)ccc6F)c5c4)cc3)CC2)CC1. The zero-order valence-corrected chi connectivity index (χ0v) is 29.0. The molecule has 1 atom stereocenters. The van der Waals surface area contributed by atoms with Crippen molar-refractivity contribution in [3.8, 4) is 11.1 Å². The van der Waals surface area contributed by atoms with Crippen molar-refractivity contribution in [3.05, 3.63) is 77.9 Å². The van der Waals surface area contributed by atoms with E-state index in [2.05, 4.69) is 31.9 Å². The van der Waals surface area contributed by atoms with Crippen molar-refractivity contribution < 1.29 is 31.9 Å². The summed E-state index contributed by atoms with van der Waals surface area (Å²) >= 11 is 0. The van der Waals surface area contributed by atoms with Crippen LogP contribution in [0.25, 0.3) is 22.2 Å². The number of alkyl halides is 1. The maximum Gasteiger partial charge on any atom is 0.317 e. The van der Waals surface area contributed by atoms with Gasteiger partial charge in [-0.25, -0.2) is 31.6 Å². The predicted molar refractivity (Wildman–Crippen MR) is 191 cm³/mol. The van der Waals surface area contributed by atoms with Crippen LogP contribution in [0.2, 0.25) is 0 Å². The third kappa shape index (κ3) is 7.76. The number of aliphatic carboxylic acids is 1. The minimum Gasteiger partial charge on any atom is -0.480 e. The molecule has 3 aliphatic heterocycles. The average Bonchev–Trinajstić information content (AvgIpc) is 3.75. The van der Waals surface area contributed by atoms with Gasteiger partial charge in [0.1, 0.15) is 17.6 Å². The highest BCUT2D eigenvalue weighted by atomic mass is 32.2. The van der Waals surface area contributed by atoms with E-state index in [1.165, 1.54) is 23.3 Å². The number of ketones is 1. The Labute approximate surface area is 296 Å². The van der Waals surface area contributed by atoms with Gasteiger partial charge >= 0.3 is 5.97 Å². The monoisotopic (exact) mass is 721 g/mol. The topological polar surface area (TPSA) is 133 Å². The van der Waals surface area contributed by atoms with Gasteiger partial charge in [0.15, 0.2) is 5.78 Å². The van der Waals surface area contributed by atoms with Crippen LogP contribution in [0.5, 0.6) is 0 Å². The number of nitrogens with zero attached hydrogens (tertiary/aromatic N) is 6. The lowest BCUT2D eigenvalue weighted by atomic mass is 9.96. The molecule has 2 aromatic carbocycles. The number of nitrogens with one attached hydrogen (secondary N) is 1. The number of carbonyl (C=O) groups excluding carboxylic acids is 1. The number of hydrazine groups is 1. The zero-order valence-electron chi connectivity index (χ0n) is 28.1. The minimum absolute atomic E-state index is 0.0559. The Bertz CT molecular complexity index is 1970. The standard InChI is InChI=1S/C36H41F2N7O5S/c37-27-9-12-44(22-27)45(51(49)50)29-5-6-33(38)31(18-29)35(48)32-20-40-36-30(32)17-26(19-39-36)25-1-3-28(4-2-25)43-15-13-42(14-16-43)21-24-7-10-41(11-8-24)23-34(46)47/h1-6,17-20,24,27,51H,7-16,21-23H2,(H,39,40)(H,46,47)/t27-/m1/s1. The number of carboxylic acid groups (broad SMARTS) is 1. The number of rotatable bonds is 11. The number of likely N-dealkylation sites (tertiary alicyclic amines) is 1. The summed E-state index contributed by atoms with van der Waals surface area (Å²) in [7, 11) is -3.21. The van der Waals surface area contributed by atoms with E-state index in [-0.39, 0.29) is 42.9 Å². The molecule has 0 saturated carbocycles. The van der Waals surface area contributed by atoms with Gasteiger partial charge in [-0.1, -0.05) is 12.1 Å². The Morgan fingerprint density at radius 2 is 1.65 bits per heavy atom. The fourth-order valence-electron chi connectivity index (χ4n) is 7.48. The summed E-state index contributed by atoms with van der Waals surface area (Å²) in [5.41, 5.74) is 3.20. The number of piperazine rings is 1. The van der Waals surface area contributed by atoms with Gasteiger partial charge in [0.25, 0.3) is 0 Å². The number of thiol groups is 1. The number of pyridine rings is 1. The van der Waals surface area contributed by atoms with Crippen molar-refractivity contribution in [2.45, 2.75) is 25.4 Å². The van der Waals surface area contributed by atoms with Crippen LogP contribution in [0.3, 0.4) is 0 Å². The highest BCUT2D eigenvalue weighted by Gasteiger charge is 2.30. The first-order valence-corrected chi connectivity index (χ1v) is 18.4. The number of piperidine rings is 1. The highest BCUT2D eigenvalue weighted by molar-refractivity contribution is 7.73. The number of aromatic nitrogens is 2. The molecule has 0 spiro atoms. The lowest BCUT2D eigenvalue weighted by Crippen LogP contribution is -2.49. The van der Waals surface area contributed by atoms with Gasteiger partial charge in [0, 0.05) is 73.9 Å². The van der Waals surface area contributed by atoms with Crippen molar-refractivity contribution in [2.75, 3.05) is 74.8 Å². The molecule has 3 aliphatic rings. The minimum atomic E-state index is -3.21. The van der Waals surface area contributed by atoms with E-state index >= 15 is 4.39 Å². The van der Waals surface area contributed by atoms with E-state index in [0.29, 0.717) is 17.0 Å². The molecule has 15 heteroatoms. The maximum atomic E-state index is 15.1. The summed E-state index contributed by atoms with van der Waals surface area (Å²) in [6.07, 6.45) is 4.25. The number of anilines is 2. The molecule has 3 saturated heterocycles. The maximum absolute atomic E-state index is 15.1. The fourth-order valence-corrected chi connectivity index (χ4v) is 8.16. The van der Waals surface area contributed by atoms with Gasteiger partial charge in [-0.2, -0.15) is 0 Å². The van der Waals surface area contributed by atoms with Crippen LogP contribution in [-0.4, -0.2) is 122 Å². The summed E-state index contributed by atoms with van der Waals surface area (Å²) < 4.78 is 54.2. The Morgan fingerprint density at radius 1 is 0.902 bits per heavy atom. The van der Waals surface area contributed by atoms with Crippen LogP contribution in [0.4, 0.5) is 20.2 Å². The molecule has 3 fully saturated rings. The van der Waals surface area contributed by atoms with Crippen molar-refractivity contribution in [2.24, 2.45) is 5.92 Å². The van der Waals surface area contributed by atoms with Gasteiger partial charge < -0.3 is 15.0 Å². The van der Waals surface area contributed by atoms with Crippen molar-refractivity contribution in [1.29, 1.82) is 0 Å². The molecule has 2 N–H and O–H groups in total. The fraction of sp³-hybridized carbons (Fsp3) is 0.417. The molecule has 2 aromatic heterocycles. The number of hydrogen-bond acceptors (Lipinski definition) is 9. The molecule has 12 nitrogen and oxygen atoms in total. The lowest BCUT2D eigenvalue weighted by Gasteiger charge is -2.39. The molecular formula is C36H41F2N7O5S. The highest BCUT2D eigenvalue weighted by Crippen LogP contribution is 2.31. The molecular weight excluding hydrogens is 681 g/mol. The number of aromatic amines is 1. The van der Waals surface area contributed by atoms with Crippen LogP contribution in [0, 0.1) is 11.7 Å². The van der Waals surface area contributed by atoms with Crippen LogP contribution in [0.1, 0.15) is 35.2 Å². The second-order valence-electron chi connectivity index (χ2n) is 13.6. The number of H-pyrrole nitrogens is 1. The molecule has 0 aliphatic carbocycles. The van der Waals surface area contributed by atoms with E-state index in [1.54, 1.807) is 6.20 Å². The molecule has 7 rings (SSSR count). The van der Waals surface area contributed by atoms with E-state index in [0.717, 1.165) is 85.9 Å². The van der Waals surface area contributed by atoms with Crippen LogP contribution in [0.15, 0.2) is 60.9 Å². The molecule has 0 unspecified atom stereocenters. The van der Waals surface area contributed by atoms with E-state index < -0.39 is 34.6 Å². The Hall–Kier alpha value is -4.44. The summed E-state index contributed by atoms with van der Waals surface area (Å²) in [5, 5.41) is 10.9. The predicted octanol–water partition coefficient (Wildman–Crippen LogP) is 3.81. The Kier molecular flexibility index (Phi) is 10.3. The smallest absolute Gasteiger partial charge is 0.317 e. The van der Waals surface area contributed by atoms with Crippen LogP contribution < -0.4 is 9.31 Å². The molecule has 0 bridgehead atoms. The van der Waals surface area contributed by atoms with Gasteiger partial charge in [0.05, 0.1) is 24.3 Å². The van der Waals surface area contributed by atoms with E-state index in [9.17, 15) is 22.4 Å². The van der Waals surface area contributed by atoms with Crippen molar-refractivity contribution in [3.63, 3.8) is 0 Å². The number of fused-ring (bicyclic) bond motifs is 1. The molecule has 270 valence electrons. The van der Waals surface area contributed by atoms with Gasteiger partial charge in [0.2, 0.25) is 10.9 Å². The van der Waals surface area contributed by atoms with Gasteiger partial charge in [-0.3, -0.25) is 19.4 Å². The number of hydrogen-bond donors (Lipinski definition) is 3. The Morgan fingerprint density at radius 3 is 2.31 bits per heavy atom. The quantitative estimate of drug-likeness (QED) is 0.155. The summed E-state index contributed by atoms with van der Waals surface area (Å²) in [6.45, 7) is 6.68. The van der Waals surface area contributed by atoms with E-state index in [1.807, 2.05) is 23.1 Å². The molecule has 0 radical (unpaired) electrons. The van der Waals surface area contributed by atoms with E-state index in [4.69, 9.17) is 5.11 Å². The number of halogens is 2. The third-order valence-corrected chi connectivity index (χ3v) is 11.0. The largest absolute Gasteiger partial charge is 0.480 e. The molecule has 4 aromatic rings. The van der Waals surface area contributed by atoms with Crippen LogP contribution >= 0.6 is 0 Å². The van der Waals surface area contributed by atoms with Gasteiger partial charge in [-0.15, -0.1) is 0 Å². The first kappa shape index (κ1) is 35.0. The molecule has 5 heterocycles. The first-order valence-electron chi connectivity index (χ1n) is 17.3. The average molecular weight is 722 g/mol. The summed E-state index contributed by atoms with van der Waals surface area (Å²) in [6, 6.07) is 13.5. The normalized spacial score (nSPS) is 19.7. The van der Waals surface area contributed by atoms with Crippen molar-refractivity contribution in [1.82, 2.24) is 24.8 Å². The lowest BCUT2D eigenvalue weighted by molar-refractivity contribution is -0.138. The number of benzene rings is 2. The molecule has 51 heavy (non-hydrogen) atoms. The summed E-state index contributed by atoms with van der Waals surface area (Å²) in [5.74, 6) is -1.61. The first-order chi connectivity index (χ1) is 24.6. The zero-order chi connectivity index (χ0) is 35.6. The second-order valence-corrected chi connectivity index (χ2v) is 14.4.